The summed E-state index contributed by atoms with van der Waals surface area (Å²) in [5.74, 6) is 1.61. The molecule has 2 aromatic rings. The largest absolute Gasteiger partial charge is 0.496 e. The third-order valence-electron chi connectivity index (χ3n) is 3.87. The number of aliphatic hydroxyl groups is 1. The van der Waals surface area contributed by atoms with Crippen molar-refractivity contribution >= 4 is 0 Å². The highest BCUT2D eigenvalue weighted by atomic mass is 16.5. The number of benzene rings is 2. The van der Waals surface area contributed by atoms with E-state index in [2.05, 4.69) is 13.0 Å². The average molecular weight is 301 g/mol. The van der Waals surface area contributed by atoms with Gasteiger partial charge in [-0.15, -0.1) is 0 Å². The molecule has 22 heavy (non-hydrogen) atoms. The van der Waals surface area contributed by atoms with E-state index in [1.54, 1.807) is 7.11 Å². The molecule has 4 heteroatoms. The third-order valence-corrected chi connectivity index (χ3v) is 3.87. The van der Waals surface area contributed by atoms with Gasteiger partial charge in [0, 0.05) is 5.56 Å². The van der Waals surface area contributed by atoms with Crippen molar-refractivity contribution in [1.29, 1.82) is 0 Å². The molecule has 2 aromatic carbocycles. The van der Waals surface area contributed by atoms with Crippen LogP contribution in [0.5, 0.6) is 11.5 Å². The second-order valence-corrected chi connectivity index (χ2v) is 5.35. The van der Waals surface area contributed by atoms with E-state index in [9.17, 15) is 5.11 Å². The van der Waals surface area contributed by atoms with Crippen LogP contribution >= 0.6 is 0 Å². The summed E-state index contributed by atoms with van der Waals surface area (Å²) in [6, 6.07) is 11.2. The Kier molecular flexibility index (Phi) is 5.41. The molecule has 0 bridgehead atoms. The quantitative estimate of drug-likeness (QED) is 0.861. The molecule has 0 saturated carbocycles. The summed E-state index contributed by atoms with van der Waals surface area (Å²) in [7, 11) is 1.63. The zero-order valence-electron chi connectivity index (χ0n) is 13.3. The first-order chi connectivity index (χ1) is 10.6. The maximum absolute atomic E-state index is 9.19. The van der Waals surface area contributed by atoms with E-state index in [4.69, 9.17) is 15.2 Å². The topological polar surface area (TPSA) is 64.7 Å². The number of methoxy groups -OCH3 is 1. The Hall–Kier alpha value is -2.04. The van der Waals surface area contributed by atoms with Gasteiger partial charge in [0.2, 0.25) is 0 Å². The molecule has 118 valence electrons. The van der Waals surface area contributed by atoms with E-state index in [1.165, 1.54) is 5.56 Å². The first-order valence-electron chi connectivity index (χ1n) is 7.29. The van der Waals surface area contributed by atoms with Gasteiger partial charge in [-0.05, 0) is 48.7 Å². The van der Waals surface area contributed by atoms with Crippen molar-refractivity contribution in [3.63, 3.8) is 0 Å². The summed E-state index contributed by atoms with van der Waals surface area (Å²) in [5.41, 5.74) is 9.97. The Morgan fingerprint density at radius 1 is 1.14 bits per heavy atom. The molecular weight excluding hydrogens is 278 g/mol. The van der Waals surface area contributed by atoms with Crippen LogP contribution < -0.4 is 15.2 Å². The monoisotopic (exact) mass is 301 g/mol. The second kappa shape index (κ2) is 7.29. The Labute approximate surface area is 131 Å². The van der Waals surface area contributed by atoms with Crippen molar-refractivity contribution < 1.29 is 14.6 Å². The summed E-state index contributed by atoms with van der Waals surface area (Å²) >= 11 is 0. The van der Waals surface area contributed by atoms with Crippen LogP contribution in [0, 0.1) is 13.8 Å². The zero-order valence-corrected chi connectivity index (χ0v) is 13.3. The van der Waals surface area contributed by atoms with Gasteiger partial charge in [0.05, 0.1) is 19.8 Å². The van der Waals surface area contributed by atoms with Crippen molar-refractivity contribution in [1.82, 2.24) is 0 Å². The molecule has 0 aliphatic heterocycles. The molecule has 0 saturated heterocycles. The number of rotatable bonds is 6. The first kappa shape index (κ1) is 16.3. The number of ether oxygens (including phenoxy) is 2. The van der Waals surface area contributed by atoms with Crippen molar-refractivity contribution in [2.75, 3.05) is 13.7 Å². The lowest BCUT2D eigenvalue weighted by Gasteiger charge is -2.16. The normalized spacial score (nSPS) is 12.0. The Balaban J connectivity index is 2.22. The predicted octanol–water partition coefficient (Wildman–Crippen LogP) is 2.88. The van der Waals surface area contributed by atoms with E-state index in [-0.39, 0.29) is 6.61 Å². The van der Waals surface area contributed by atoms with Crippen LogP contribution in [0.3, 0.4) is 0 Å². The van der Waals surface area contributed by atoms with Crippen molar-refractivity contribution in [2.24, 2.45) is 5.73 Å². The molecular formula is C18H23NO3. The molecule has 0 aliphatic rings. The van der Waals surface area contributed by atoms with Crippen LogP contribution in [0.1, 0.15) is 28.3 Å². The standard InChI is InChI=1S/C18H23NO3/c1-12-5-4-6-17(13(12)2)22-11-15-9-14(16(19)10-20)7-8-18(15)21-3/h4-9,16,20H,10-11,19H2,1-3H3/t16-/m0/s1. The Morgan fingerprint density at radius 2 is 1.91 bits per heavy atom. The first-order valence-corrected chi connectivity index (χ1v) is 7.29. The lowest BCUT2D eigenvalue weighted by molar-refractivity contribution is 0.267. The van der Waals surface area contributed by atoms with Gasteiger partial charge in [0.1, 0.15) is 18.1 Å². The summed E-state index contributed by atoms with van der Waals surface area (Å²) in [4.78, 5) is 0. The zero-order chi connectivity index (χ0) is 16.1. The maximum atomic E-state index is 9.19. The fraction of sp³-hybridized carbons (Fsp3) is 0.333. The molecule has 0 aromatic heterocycles. The van der Waals surface area contributed by atoms with E-state index in [0.29, 0.717) is 6.61 Å². The number of nitrogens with two attached hydrogens (primary N) is 1. The molecule has 2 rings (SSSR count). The third kappa shape index (κ3) is 3.59. The van der Waals surface area contributed by atoms with Gasteiger partial charge >= 0.3 is 0 Å². The van der Waals surface area contributed by atoms with Crippen LogP contribution in [0.2, 0.25) is 0 Å². The minimum atomic E-state index is -0.398. The highest BCUT2D eigenvalue weighted by Crippen LogP contribution is 2.26. The van der Waals surface area contributed by atoms with Gasteiger partial charge in [-0.3, -0.25) is 0 Å². The lowest BCUT2D eigenvalue weighted by Crippen LogP contribution is -2.15. The van der Waals surface area contributed by atoms with E-state index in [1.807, 2.05) is 37.3 Å². The minimum absolute atomic E-state index is 0.0936. The molecule has 0 aliphatic carbocycles. The summed E-state index contributed by atoms with van der Waals surface area (Å²) < 4.78 is 11.3. The van der Waals surface area contributed by atoms with Crippen molar-refractivity contribution in [3.05, 3.63) is 58.7 Å². The van der Waals surface area contributed by atoms with Crippen LogP contribution in [-0.4, -0.2) is 18.8 Å². The van der Waals surface area contributed by atoms with Crippen LogP contribution in [0.25, 0.3) is 0 Å². The van der Waals surface area contributed by atoms with Crippen molar-refractivity contribution in [3.8, 4) is 11.5 Å². The van der Waals surface area contributed by atoms with Crippen molar-refractivity contribution in [2.45, 2.75) is 26.5 Å². The number of aliphatic hydroxyl groups excluding tert-OH is 1. The van der Waals surface area contributed by atoms with Crippen LogP contribution in [0.4, 0.5) is 0 Å². The second-order valence-electron chi connectivity index (χ2n) is 5.35. The Bertz CT molecular complexity index is 640. The van der Waals surface area contributed by atoms with E-state index >= 15 is 0 Å². The van der Waals surface area contributed by atoms with Crippen LogP contribution in [0.15, 0.2) is 36.4 Å². The molecule has 0 fully saturated rings. The number of hydrogen-bond donors (Lipinski definition) is 2. The summed E-state index contributed by atoms with van der Waals surface area (Å²) in [6.45, 7) is 4.40. The minimum Gasteiger partial charge on any atom is -0.496 e. The van der Waals surface area contributed by atoms with Gasteiger partial charge in [-0.25, -0.2) is 0 Å². The summed E-state index contributed by atoms with van der Waals surface area (Å²) in [6.07, 6.45) is 0. The van der Waals surface area contributed by atoms with Gasteiger partial charge in [-0.2, -0.15) is 0 Å². The average Bonchev–Trinajstić information content (AvgIpc) is 2.55. The Morgan fingerprint density at radius 3 is 2.59 bits per heavy atom. The van der Waals surface area contributed by atoms with Gasteiger partial charge in [-0.1, -0.05) is 18.2 Å². The fourth-order valence-corrected chi connectivity index (χ4v) is 2.28. The van der Waals surface area contributed by atoms with Gasteiger partial charge < -0.3 is 20.3 Å². The predicted molar refractivity (Wildman–Crippen MR) is 87.3 cm³/mol. The van der Waals surface area contributed by atoms with Crippen LogP contribution in [-0.2, 0) is 6.61 Å². The molecule has 0 amide bonds. The molecule has 0 spiro atoms. The highest BCUT2D eigenvalue weighted by molar-refractivity contribution is 5.41. The molecule has 3 N–H and O–H groups in total. The molecule has 0 unspecified atom stereocenters. The fourth-order valence-electron chi connectivity index (χ4n) is 2.28. The lowest BCUT2D eigenvalue weighted by atomic mass is 10.0. The van der Waals surface area contributed by atoms with E-state index < -0.39 is 6.04 Å². The maximum Gasteiger partial charge on any atom is 0.125 e. The molecule has 1 atom stereocenters. The number of aryl methyl sites for hydroxylation is 1. The number of hydrogen-bond acceptors (Lipinski definition) is 4. The molecule has 0 radical (unpaired) electrons. The van der Waals surface area contributed by atoms with E-state index in [0.717, 1.165) is 28.2 Å². The molecule has 0 heterocycles. The summed E-state index contributed by atoms with van der Waals surface area (Å²) in [5, 5.41) is 9.19. The van der Waals surface area contributed by atoms with Gasteiger partial charge in [0.25, 0.3) is 0 Å². The highest BCUT2D eigenvalue weighted by Gasteiger charge is 2.11. The van der Waals surface area contributed by atoms with Gasteiger partial charge in [0.15, 0.2) is 0 Å². The smallest absolute Gasteiger partial charge is 0.125 e. The molecule has 4 nitrogen and oxygen atoms in total. The SMILES string of the molecule is COc1ccc([C@@H](N)CO)cc1COc1cccc(C)c1C.